The molecule has 0 aliphatic heterocycles. The fraction of sp³-hybridized carbons (Fsp3) is 0.500. The molecule has 0 rings (SSSR count). The number of allylic oxidation sites excluding steroid dienone is 8. The quantitative estimate of drug-likeness (QED) is 0.259. The Hall–Kier alpha value is -0.427. The molecule has 0 aliphatic carbocycles. The molecule has 0 aromatic carbocycles. The van der Waals surface area contributed by atoms with Gasteiger partial charge in [-0.25, -0.2) is 0 Å². The molecule has 0 radical (unpaired) electrons. The predicted molar refractivity (Wildman–Crippen MR) is 97.0 cm³/mol. The molecule has 0 unspecified atom stereocenters. The molecule has 0 aromatic heterocycles. The summed E-state index contributed by atoms with van der Waals surface area (Å²) in [4.78, 5) is 20.0. The van der Waals surface area contributed by atoms with Crippen molar-refractivity contribution in [3.63, 3.8) is 0 Å². The molecule has 0 fully saturated rings. The van der Waals surface area contributed by atoms with Gasteiger partial charge in [0, 0.05) is 38.2 Å². The van der Waals surface area contributed by atoms with Crippen LogP contribution in [0.5, 0.6) is 0 Å². The van der Waals surface area contributed by atoms with Gasteiger partial charge < -0.3 is 0 Å². The minimum Gasteiger partial charge on any atom is -0.299 e. The molecule has 0 N–H and O–H groups in total. The summed E-state index contributed by atoms with van der Waals surface area (Å²) < 4.78 is 0. The summed E-state index contributed by atoms with van der Waals surface area (Å²) in [6.07, 6.45) is 13.4. The van der Waals surface area contributed by atoms with E-state index in [1.165, 1.54) is 11.1 Å². The van der Waals surface area contributed by atoms with Crippen LogP contribution in [0.15, 0.2) is 46.6 Å². The second-order valence-corrected chi connectivity index (χ2v) is 5.94. The minimum atomic E-state index is 0. The molecule has 0 amide bonds. The van der Waals surface area contributed by atoms with Crippen LogP contribution in [0, 0.1) is 38.2 Å². The summed E-state index contributed by atoms with van der Waals surface area (Å²) >= 11 is 0. The van der Waals surface area contributed by atoms with Crippen molar-refractivity contribution in [2.24, 2.45) is 0 Å². The number of carbonyl (C=O) groups is 2. The molecule has 3 heteroatoms. The molecule has 0 spiro atoms. The van der Waals surface area contributed by atoms with E-state index in [1.807, 2.05) is 13.8 Å². The SMILES string of the molecule is CC(C)=CCC/C(C)=C\C=O.CC(C)=CCC/C(C)=C\C=O.[Dy]. The van der Waals surface area contributed by atoms with Crippen LogP contribution < -0.4 is 0 Å². The maximum absolute atomic E-state index is 10.0. The first-order chi connectivity index (χ1) is 10.3. The summed E-state index contributed by atoms with van der Waals surface area (Å²) in [7, 11) is 0. The molecule has 134 valence electrons. The second kappa shape index (κ2) is 19.6. The maximum Gasteiger partial charge on any atom is 0.142 e. The van der Waals surface area contributed by atoms with Crippen molar-refractivity contribution < 1.29 is 47.8 Å². The number of carbonyl (C=O) groups excluding carboxylic acids is 2. The third-order valence-corrected chi connectivity index (χ3v) is 2.89. The Labute approximate surface area is 173 Å². The van der Waals surface area contributed by atoms with Gasteiger partial charge >= 0.3 is 0 Å². The molecular weight excluding hydrogens is 435 g/mol. The first-order valence-electron chi connectivity index (χ1n) is 7.82. The standard InChI is InChI=1S/2C10H16O.Dy/c2*1-9(2)5-4-6-10(3)7-8-11;/h2*5,7-8H,4,6H2,1-3H3;/b2*10-7-;. The van der Waals surface area contributed by atoms with Gasteiger partial charge in [0.2, 0.25) is 0 Å². The Balaban J connectivity index is -0.000000333. The zero-order valence-electron chi connectivity index (χ0n) is 15.4. The second-order valence-electron chi connectivity index (χ2n) is 5.94. The van der Waals surface area contributed by atoms with Crippen LogP contribution in [0.4, 0.5) is 0 Å². The van der Waals surface area contributed by atoms with Crippen molar-refractivity contribution in [3.8, 4) is 0 Å². The van der Waals surface area contributed by atoms with E-state index < -0.39 is 0 Å². The van der Waals surface area contributed by atoms with Crippen LogP contribution in [-0.4, -0.2) is 12.6 Å². The van der Waals surface area contributed by atoms with Crippen molar-refractivity contribution in [1.29, 1.82) is 0 Å². The normalized spacial score (nSPS) is 10.5. The van der Waals surface area contributed by atoms with Crippen LogP contribution in [0.2, 0.25) is 0 Å². The van der Waals surface area contributed by atoms with Crippen molar-refractivity contribution in [2.45, 2.75) is 67.2 Å². The van der Waals surface area contributed by atoms with Gasteiger partial charge in [0.15, 0.2) is 0 Å². The molecule has 0 aromatic rings. The molecule has 0 atom stereocenters. The van der Waals surface area contributed by atoms with Crippen molar-refractivity contribution in [1.82, 2.24) is 0 Å². The summed E-state index contributed by atoms with van der Waals surface area (Å²) in [6.45, 7) is 12.3. The van der Waals surface area contributed by atoms with Crippen molar-refractivity contribution in [2.75, 3.05) is 0 Å². The van der Waals surface area contributed by atoms with Gasteiger partial charge in [0.25, 0.3) is 0 Å². The Morgan fingerprint density at radius 3 is 1.17 bits per heavy atom. The zero-order valence-corrected chi connectivity index (χ0v) is 17.5. The Morgan fingerprint density at radius 2 is 0.957 bits per heavy atom. The third kappa shape index (κ3) is 26.8. The minimum absolute atomic E-state index is 0. The Morgan fingerprint density at radius 1 is 0.652 bits per heavy atom. The van der Waals surface area contributed by atoms with Gasteiger partial charge in [-0.2, -0.15) is 0 Å². The van der Waals surface area contributed by atoms with E-state index in [9.17, 15) is 9.59 Å². The summed E-state index contributed by atoms with van der Waals surface area (Å²) in [6, 6.07) is 0. The summed E-state index contributed by atoms with van der Waals surface area (Å²) in [5.41, 5.74) is 4.97. The van der Waals surface area contributed by atoms with E-state index in [0.29, 0.717) is 0 Å². The largest absolute Gasteiger partial charge is 0.299 e. The first-order valence-corrected chi connectivity index (χ1v) is 7.82. The smallest absolute Gasteiger partial charge is 0.142 e. The van der Waals surface area contributed by atoms with Crippen LogP contribution >= 0.6 is 0 Å². The van der Waals surface area contributed by atoms with Gasteiger partial charge in [-0.15, -0.1) is 0 Å². The average molecular weight is 467 g/mol. The van der Waals surface area contributed by atoms with Gasteiger partial charge in [-0.3, -0.25) is 9.59 Å². The van der Waals surface area contributed by atoms with Crippen LogP contribution in [0.3, 0.4) is 0 Å². The Kier molecular flexibility index (Phi) is 23.4. The van der Waals surface area contributed by atoms with Crippen molar-refractivity contribution in [3.05, 3.63) is 46.6 Å². The summed E-state index contributed by atoms with van der Waals surface area (Å²) in [5.74, 6) is 0. The Bertz CT molecular complexity index is 391. The van der Waals surface area contributed by atoms with E-state index in [0.717, 1.165) is 49.4 Å². The molecule has 0 bridgehead atoms. The molecular formula is C20H32DyO2. The number of hydrogen-bond donors (Lipinski definition) is 0. The average Bonchev–Trinajstić information content (AvgIpc) is 2.39. The fourth-order valence-corrected chi connectivity index (χ4v) is 1.58. The van der Waals surface area contributed by atoms with E-state index in [4.69, 9.17) is 0 Å². The monoisotopic (exact) mass is 468 g/mol. The van der Waals surface area contributed by atoms with Crippen LogP contribution in [0.1, 0.15) is 67.2 Å². The summed E-state index contributed by atoms with van der Waals surface area (Å²) in [5, 5.41) is 0. The molecule has 0 saturated carbocycles. The molecule has 0 saturated heterocycles. The molecule has 23 heavy (non-hydrogen) atoms. The van der Waals surface area contributed by atoms with Crippen LogP contribution in [-0.2, 0) is 9.59 Å². The molecule has 0 aliphatic rings. The van der Waals surface area contributed by atoms with Gasteiger partial charge in [0.05, 0.1) is 0 Å². The maximum atomic E-state index is 10.0. The fourth-order valence-electron chi connectivity index (χ4n) is 1.58. The van der Waals surface area contributed by atoms with Gasteiger partial charge in [-0.1, -0.05) is 34.4 Å². The van der Waals surface area contributed by atoms with E-state index >= 15 is 0 Å². The van der Waals surface area contributed by atoms with Gasteiger partial charge in [0.1, 0.15) is 12.6 Å². The number of aldehydes is 2. The molecule has 2 nitrogen and oxygen atoms in total. The topological polar surface area (TPSA) is 34.1 Å². The zero-order chi connectivity index (χ0) is 17.4. The number of hydrogen-bond acceptors (Lipinski definition) is 2. The number of rotatable bonds is 8. The van der Waals surface area contributed by atoms with E-state index in [1.54, 1.807) is 12.2 Å². The molecule has 0 heterocycles. The van der Waals surface area contributed by atoms with Crippen molar-refractivity contribution >= 4 is 12.6 Å². The van der Waals surface area contributed by atoms with E-state index in [-0.39, 0.29) is 38.2 Å². The van der Waals surface area contributed by atoms with Crippen LogP contribution in [0.25, 0.3) is 0 Å². The third-order valence-electron chi connectivity index (χ3n) is 2.89. The van der Waals surface area contributed by atoms with E-state index in [2.05, 4.69) is 39.8 Å². The van der Waals surface area contributed by atoms with Gasteiger partial charge in [-0.05, 0) is 79.4 Å². The predicted octanol–water partition coefficient (Wildman–Crippen LogP) is 5.76. The first kappa shape index (κ1) is 27.4.